The summed E-state index contributed by atoms with van der Waals surface area (Å²) in [5, 5.41) is 6.37. The fourth-order valence-corrected chi connectivity index (χ4v) is 2.85. The molecule has 7 nitrogen and oxygen atoms in total. The van der Waals surface area contributed by atoms with E-state index < -0.39 is 29.1 Å². The van der Waals surface area contributed by atoms with E-state index in [1.807, 2.05) is 0 Å². The number of carbonyl (C=O) groups excluding carboxylic acids is 2. The Balaban J connectivity index is 1.77. The first-order valence-electron chi connectivity index (χ1n) is 8.62. The number of aromatic nitrogens is 2. The van der Waals surface area contributed by atoms with E-state index >= 15 is 0 Å². The number of hydrogen-bond acceptors (Lipinski definition) is 5. The first-order valence-corrected chi connectivity index (χ1v) is 8.62. The van der Waals surface area contributed by atoms with Gasteiger partial charge in [-0.15, -0.1) is 0 Å². The largest absolute Gasteiger partial charge is 0.337 e. The van der Waals surface area contributed by atoms with Gasteiger partial charge in [-0.2, -0.15) is 4.98 Å². The van der Waals surface area contributed by atoms with Gasteiger partial charge in [-0.05, 0) is 37.0 Å². The number of hydrogen-bond donors (Lipinski definition) is 1. The van der Waals surface area contributed by atoms with E-state index in [1.165, 1.54) is 13.0 Å². The van der Waals surface area contributed by atoms with E-state index in [9.17, 15) is 18.4 Å². The molecule has 3 rings (SSSR count). The number of urea groups is 1. The van der Waals surface area contributed by atoms with E-state index in [1.54, 1.807) is 0 Å². The molecular formula is C18H20F2N4O3. The molecule has 1 atom stereocenters. The van der Waals surface area contributed by atoms with Gasteiger partial charge >= 0.3 is 6.03 Å². The lowest BCUT2D eigenvalue weighted by Crippen LogP contribution is -2.41. The molecular weight excluding hydrogens is 358 g/mol. The molecule has 0 bridgehead atoms. The summed E-state index contributed by atoms with van der Waals surface area (Å²) in [5.74, 6) is -1.62. The number of nitrogens with zero attached hydrogens (tertiary/aromatic N) is 3. The van der Waals surface area contributed by atoms with Crippen LogP contribution in [0.5, 0.6) is 0 Å². The average molecular weight is 378 g/mol. The number of amides is 3. The van der Waals surface area contributed by atoms with Gasteiger partial charge in [-0.25, -0.2) is 13.6 Å². The number of nitrogens with one attached hydrogen (secondary N) is 1. The van der Waals surface area contributed by atoms with Gasteiger partial charge in [0, 0.05) is 6.42 Å². The molecule has 1 fully saturated rings. The van der Waals surface area contributed by atoms with E-state index in [0.29, 0.717) is 18.2 Å². The smallest absolute Gasteiger partial charge is 0.325 e. The third-order valence-electron chi connectivity index (χ3n) is 4.52. The van der Waals surface area contributed by atoms with Gasteiger partial charge in [0.2, 0.25) is 5.89 Å². The molecule has 3 amide bonds. The zero-order chi connectivity index (χ0) is 19.8. The summed E-state index contributed by atoms with van der Waals surface area (Å²) in [5.41, 5.74) is -1.36. The van der Waals surface area contributed by atoms with Gasteiger partial charge in [0.15, 0.2) is 17.5 Å². The van der Waals surface area contributed by atoms with E-state index in [-0.39, 0.29) is 18.0 Å². The highest BCUT2D eigenvalue weighted by Crippen LogP contribution is 2.30. The van der Waals surface area contributed by atoms with Crippen LogP contribution in [0, 0.1) is 17.6 Å². The predicted molar refractivity (Wildman–Crippen MR) is 90.2 cm³/mol. The van der Waals surface area contributed by atoms with Crippen molar-refractivity contribution in [1.29, 1.82) is 0 Å². The van der Waals surface area contributed by atoms with Gasteiger partial charge in [0.25, 0.3) is 5.91 Å². The monoisotopic (exact) mass is 378 g/mol. The molecule has 0 saturated carbocycles. The van der Waals surface area contributed by atoms with Crippen LogP contribution in [0.1, 0.15) is 44.5 Å². The van der Waals surface area contributed by atoms with Crippen molar-refractivity contribution >= 4 is 11.9 Å². The highest BCUT2D eigenvalue weighted by Gasteiger charge is 2.49. The van der Waals surface area contributed by atoms with Crippen LogP contribution in [-0.4, -0.2) is 27.0 Å². The highest BCUT2D eigenvalue weighted by atomic mass is 19.2. The minimum atomic E-state index is -1.51. The first-order chi connectivity index (χ1) is 12.7. The van der Waals surface area contributed by atoms with E-state index in [4.69, 9.17) is 4.52 Å². The summed E-state index contributed by atoms with van der Waals surface area (Å²) in [7, 11) is 0. The van der Waals surface area contributed by atoms with E-state index in [0.717, 1.165) is 23.5 Å². The maximum Gasteiger partial charge on any atom is 0.325 e. The molecule has 27 heavy (non-hydrogen) atoms. The van der Waals surface area contributed by atoms with Crippen LogP contribution in [0.15, 0.2) is 22.7 Å². The van der Waals surface area contributed by atoms with Crippen molar-refractivity contribution in [1.82, 2.24) is 20.4 Å². The second-order valence-corrected chi connectivity index (χ2v) is 7.11. The highest BCUT2D eigenvalue weighted by molar-refractivity contribution is 6.07. The molecule has 0 radical (unpaired) electrons. The van der Waals surface area contributed by atoms with E-state index in [2.05, 4.69) is 29.3 Å². The number of benzene rings is 1. The lowest BCUT2D eigenvalue weighted by molar-refractivity contribution is -0.131. The topological polar surface area (TPSA) is 88.3 Å². The summed E-state index contributed by atoms with van der Waals surface area (Å²) in [6, 6.07) is 2.40. The van der Waals surface area contributed by atoms with Crippen molar-refractivity contribution in [3.8, 4) is 0 Å². The standard InChI is InChI=1S/C18H20F2N4O3/c1-10(2)4-7-14-21-15(27-23-14)9-24-16(25)18(3,22-17(24)26)11-5-6-12(19)13(20)8-11/h5-6,8,10H,4,7,9H2,1-3H3,(H,22,26). The normalized spacial score (nSPS) is 19.9. The van der Waals surface area contributed by atoms with Crippen molar-refractivity contribution in [3.05, 3.63) is 47.1 Å². The Morgan fingerprint density at radius 3 is 2.67 bits per heavy atom. The third kappa shape index (κ3) is 3.67. The number of carbonyl (C=O) groups is 2. The van der Waals surface area contributed by atoms with Gasteiger partial charge in [0.05, 0.1) is 0 Å². The lowest BCUT2D eigenvalue weighted by atomic mass is 9.92. The van der Waals surface area contributed by atoms with Gasteiger partial charge in [-0.3, -0.25) is 9.69 Å². The summed E-state index contributed by atoms with van der Waals surface area (Å²) in [6.07, 6.45) is 1.52. The molecule has 144 valence electrons. The van der Waals surface area contributed by atoms with Crippen LogP contribution in [0.4, 0.5) is 13.6 Å². The Hall–Kier alpha value is -2.84. The third-order valence-corrected chi connectivity index (χ3v) is 4.52. The predicted octanol–water partition coefficient (Wildman–Crippen LogP) is 2.90. The molecule has 1 aliphatic rings. The molecule has 0 aliphatic carbocycles. The molecule has 0 spiro atoms. The zero-order valence-corrected chi connectivity index (χ0v) is 15.3. The average Bonchev–Trinajstić information content (AvgIpc) is 3.14. The number of halogens is 2. The minimum Gasteiger partial charge on any atom is -0.337 e. The summed E-state index contributed by atoms with van der Waals surface area (Å²) < 4.78 is 31.9. The van der Waals surface area contributed by atoms with Crippen LogP contribution in [0.25, 0.3) is 0 Å². The van der Waals surface area contributed by atoms with Crippen LogP contribution >= 0.6 is 0 Å². The van der Waals surface area contributed by atoms with Crippen molar-refractivity contribution in [2.45, 2.75) is 45.7 Å². The van der Waals surface area contributed by atoms with Crippen LogP contribution in [0.3, 0.4) is 0 Å². The van der Waals surface area contributed by atoms with Gasteiger partial charge < -0.3 is 9.84 Å². The van der Waals surface area contributed by atoms with Crippen LogP contribution in [-0.2, 0) is 23.3 Å². The molecule has 1 aromatic carbocycles. The molecule has 1 aromatic heterocycles. The number of imide groups is 1. The Bertz CT molecular complexity index is 883. The maximum atomic E-state index is 13.6. The van der Waals surface area contributed by atoms with Crippen molar-refractivity contribution in [2.75, 3.05) is 0 Å². The SMILES string of the molecule is CC(C)CCc1noc(CN2C(=O)NC(C)(c3ccc(F)c(F)c3)C2=O)n1. The van der Waals surface area contributed by atoms with Crippen molar-refractivity contribution < 1.29 is 22.9 Å². The lowest BCUT2D eigenvalue weighted by Gasteiger charge is -2.22. The molecule has 1 aliphatic heterocycles. The molecule has 9 heteroatoms. The second kappa shape index (κ2) is 7.05. The quantitative estimate of drug-likeness (QED) is 0.781. The van der Waals surface area contributed by atoms with Crippen molar-refractivity contribution in [2.24, 2.45) is 5.92 Å². The molecule has 1 unspecified atom stereocenters. The maximum absolute atomic E-state index is 13.6. The summed E-state index contributed by atoms with van der Waals surface area (Å²) in [6.45, 7) is 5.39. The van der Waals surface area contributed by atoms with Gasteiger partial charge in [-0.1, -0.05) is 25.1 Å². The zero-order valence-electron chi connectivity index (χ0n) is 15.3. The Morgan fingerprint density at radius 1 is 1.26 bits per heavy atom. The summed E-state index contributed by atoms with van der Waals surface area (Å²) >= 11 is 0. The fraction of sp³-hybridized carbons (Fsp3) is 0.444. The Morgan fingerprint density at radius 2 is 2.00 bits per heavy atom. The molecule has 1 saturated heterocycles. The summed E-state index contributed by atoms with van der Waals surface area (Å²) in [4.78, 5) is 30.2. The molecule has 1 N–H and O–H groups in total. The molecule has 2 heterocycles. The van der Waals surface area contributed by atoms with Gasteiger partial charge in [0.1, 0.15) is 12.1 Å². The molecule has 2 aromatic rings. The minimum absolute atomic E-state index is 0.131. The van der Waals surface area contributed by atoms with Crippen LogP contribution < -0.4 is 5.32 Å². The first kappa shape index (κ1) is 18.9. The Labute approximate surface area is 154 Å². The second-order valence-electron chi connectivity index (χ2n) is 7.11. The number of aryl methyl sites for hydroxylation is 1. The fourth-order valence-electron chi connectivity index (χ4n) is 2.85. The number of rotatable bonds is 6. The van der Waals surface area contributed by atoms with Crippen molar-refractivity contribution in [3.63, 3.8) is 0 Å². The Kier molecular flexibility index (Phi) is 4.95. The van der Waals surface area contributed by atoms with Crippen LogP contribution in [0.2, 0.25) is 0 Å².